The molecular formula is C20H24N6S. The van der Waals surface area contributed by atoms with E-state index in [1.165, 1.54) is 45.2 Å². The van der Waals surface area contributed by atoms with Gasteiger partial charge in [0.1, 0.15) is 11.2 Å². The summed E-state index contributed by atoms with van der Waals surface area (Å²) in [6, 6.07) is 4.64. The fourth-order valence-electron chi connectivity index (χ4n) is 4.21. The zero-order chi connectivity index (χ0) is 18.1. The maximum Gasteiger partial charge on any atom is 0.186 e. The van der Waals surface area contributed by atoms with Crippen molar-refractivity contribution in [2.45, 2.75) is 38.1 Å². The number of fused-ring (bicyclic) bond motifs is 1. The second kappa shape index (κ2) is 7.48. The molecule has 0 unspecified atom stereocenters. The van der Waals surface area contributed by atoms with Crippen molar-refractivity contribution in [1.82, 2.24) is 24.8 Å². The van der Waals surface area contributed by atoms with E-state index in [1.807, 2.05) is 12.3 Å². The van der Waals surface area contributed by atoms with Crippen LogP contribution in [0.3, 0.4) is 0 Å². The van der Waals surface area contributed by atoms with Gasteiger partial charge in [-0.05, 0) is 50.9 Å². The lowest BCUT2D eigenvalue weighted by molar-refractivity contribution is 0.141. The first-order valence-corrected chi connectivity index (χ1v) is 10.7. The highest BCUT2D eigenvalue weighted by atomic mass is 32.1. The first-order valence-electron chi connectivity index (χ1n) is 9.90. The molecule has 2 fully saturated rings. The van der Waals surface area contributed by atoms with Crippen molar-refractivity contribution >= 4 is 26.7 Å². The van der Waals surface area contributed by atoms with E-state index in [2.05, 4.69) is 30.8 Å². The summed E-state index contributed by atoms with van der Waals surface area (Å²) in [5.74, 6) is 0.664. The largest absolute Gasteiger partial charge is 0.348 e. The van der Waals surface area contributed by atoms with Crippen LogP contribution in [0.2, 0.25) is 0 Å². The number of aromatic nitrogens is 4. The molecular weight excluding hydrogens is 356 g/mol. The fourth-order valence-corrected chi connectivity index (χ4v) is 5.24. The van der Waals surface area contributed by atoms with Gasteiger partial charge in [-0.2, -0.15) is 0 Å². The van der Waals surface area contributed by atoms with E-state index in [9.17, 15) is 0 Å². The van der Waals surface area contributed by atoms with Crippen molar-refractivity contribution in [2.75, 3.05) is 31.1 Å². The third kappa shape index (κ3) is 3.53. The summed E-state index contributed by atoms with van der Waals surface area (Å²) in [6.45, 7) is 4.79. The van der Waals surface area contributed by atoms with Gasteiger partial charge in [-0.25, -0.2) is 15.0 Å². The molecule has 0 aromatic carbocycles. The second-order valence-corrected chi connectivity index (χ2v) is 8.43. The van der Waals surface area contributed by atoms with Crippen LogP contribution in [0.5, 0.6) is 0 Å². The van der Waals surface area contributed by atoms with Crippen LogP contribution in [-0.4, -0.2) is 57.1 Å². The van der Waals surface area contributed by atoms with Gasteiger partial charge in [0.25, 0.3) is 0 Å². The molecule has 0 amide bonds. The normalized spacial score (nSPS) is 19.6. The van der Waals surface area contributed by atoms with E-state index in [4.69, 9.17) is 4.98 Å². The topological polar surface area (TPSA) is 58.0 Å². The Kier molecular flexibility index (Phi) is 4.71. The molecule has 3 aromatic rings. The highest BCUT2D eigenvalue weighted by molar-refractivity contribution is 7.22. The number of pyridine rings is 1. The minimum absolute atomic E-state index is 0.664. The van der Waals surface area contributed by atoms with Gasteiger partial charge in [0, 0.05) is 31.5 Å². The Morgan fingerprint density at radius 3 is 2.48 bits per heavy atom. The van der Waals surface area contributed by atoms with E-state index in [-0.39, 0.29) is 0 Å². The Bertz CT molecular complexity index is 897. The molecule has 5 rings (SSSR count). The lowest BCUT2D eigenvalue weighted by Gasteiger charge is -2.40. The van der Waals surface area contributed by atoms with Crippen LogP contribution in [-0.2, 0) is 0 Å². The molecule has 0 spiro atoms. The monoisotopic (exact) mass is 380 g/mol. The minimum atomic E-state index is 0.664. The lowest BCUT2D eigenvalue weighted by Crippen LogP contribution is -2.46. The van der Waals surface area contributed by atoms with Gasteiger partial charge in [0.15, 0.2) is 11.0 Å². The maximum absolute atomic E-state index is 4.84. The average Bonchev–Trinajstić information content (AvgIpc) is 3.18. The highest BCUT2D eigenvalue weighted by Crippen LogP contribution is 2.32. The van der Waals surface area contributed by atoms with E-state index < -0.39 is 0 Å². The van der Waals surface area contributed by atoms with Crippen molar-refractivity contribution in [3.63, 3.8) is 0 Å². The molecule has 2 aliphatic rings. The second-order valence-electron chi connectivity index (χ2n) is 7.42. The van der Waals surface area contributed by atoms with E-state index in [0.717, 1.165) is 40.2 Å². The molecule has 0 radical (unpaired) electrons. The molecule has 5 heterocycles. The third-order valence-electron chi connectivity index (χ3n) is 5.70. The van der Waals surface area contributed by atoms with Crippen LogP contribution in [0.15, 0.2) is 30.7 Å². The fraction of sp³-hybridized carbons (Fsp3) is 0.500. The van der Waals surface area contributed by atoms with Crippen LogP contribution in [0.1, 0.15) is 32.1 Å². The van der Waals surface area contributed by atoms with Crippen molar-refractivity contribution in [1.29, 1.82) is 0 Å². The average molecular weight is 381 g/mol. The van der Waals surface area contributed by atoms with Gasteiger partial charge < -0.3 is 9.80 Å². The number of hydrogen-bond acceptors (Lipinski definition) is 7. The number of anilines is 1. The summed E-state index contributed by atoms with van der Waals surface area (Å²) in [4.78, 5) is 23.1. The first-order chi connectivity index (χ1) is 13.4. The highest BCUT2D eigenvalue weighted by Gasteiger charge is 2.26. The zero-order valence-electron chi connectivity index (χ0n) is 15.4. The van der Waals surface area contributed by atoms with E-state index >= 15 is 0 Å². The smallest absolute Gasteiger partial charge is 0.186 e. The van der Waals surface area contributed by atoms with Crippen LogP contribution < -0.4 is 4.90 Å². The summed E-state index contributed by atoms with van der Waals surface area (Å²) in [5.41, 5.74) is 1.77. The standard InChI is InChI=1S/C20H24N6S/c1-2-9-25(10-3-1)15-5-11-26(12-6-15)20-24-17-14-23-16(13-18(17)27-20)19-21-7-4-8-22-19/h4,7-8,13-15H,1-3,5-6,9-12H2. The Hall–Kier alpha value is -2.12. The molecule has 140 valence electrons. The molecule has 0 atom stereocenters. The molecule has 0 aliphatic carbocycles. The molecule has 2 aliphatic heterocycles. The zero-order valence-corrected chi connectivity index (χ0v) is 16.2. The van der Waals surface area contributed by atoms with Crippen molar-refractivity contribution in [2.24, 2.45) is 0 Å². The summed E-state index contributed by atoms with van der Waals surface area (Å²) >= 11 is 1.76. The van der Waals surface area contributed by atoms with Crippen LogP contribution in [0.25, 0.3) is 21.7 Å². The number of rotatable bonds is 3. The predicted molar refractivity (Wildman–Crippen MR) is 109 cm³/mol. The number of thiazole rings is 1. The van der Waals surface area contributed by atoms with Crippen LogP contribution in [0.4, 0.5) is 5.13 Å². The van der Waals surface area contributed by atoms with Gasteiger partial charge in [0.2, 0.25) is 0 Å². The van der Waals surface area contributed by atoms with Crippen molar-refractivity contribution in [3.05, 3.63) is 30.7 Å². The summed E-state index contributed by atoms with van der Waals surface area (Å²) < 4.78 is 1.15. The Morgan fingerprint density at radius 2 is 1.70 bits per heavy atom. The number of hydrogen-bond donors (Lipinski definition) is 0. The molecule has 6 nitrogen and oxygen atoms in total. The van der Waals surface area contributed by atoms with Gasteiger partial charge in [-0.3, -0.25) is 4.98 Å². The van der Waals surface area contributed by atoms with Crippen LogP contribution >= 0.6 is 11.3 Å². The van der Waals surface area contributed by atoms with Gasteiger partial charge >= 0.3 is 0 Å². The predicted octanol–water partition coefficient (Wildman–Crippen LogP) is 3.60. The van der Waals surface area contributed by atoms with Crippen molar-refractivity contribution in [3.8, 4) is 11.5 Å². The quantitative estimate of drug-likeness (QED) is 0.692. The molecule has 0 N–H and O–H groups in total. The summed E-state index contributed by atoms with van der Waals surface area (Å²) in [7, 11) is 0. The van der Waals surface area contributed by atoms with E-state index in [1.54, 1.807) is 23.7 Å². The number of piperidine rings is 2. The molecule has 0 saturated carbocycles. The minimum Gasteiger partial charge on any atom is -0.348 e. The Balaban J connectivity index is 1.31. The van der Waals surface area contributed by atoms with Crippen LogP contribution in [0, 0.1) is 0 Å². The molecule has 0 bridgehead atoms. The summed E-state index contributed by atoms with van der Waals surface area (Å²) in [6.07, 6.45) is 12.0. The molecule has 7 heteroatoms. The number of nitrogens with zero attached hydrogens (tertiary/aromatic N) is 6. The van der Waals surface area contributed by atoms with Gasteiger partial charge in [-0.1, -0.05) is 17.8 Å². The lowest BCUT2D eigenvalue weighted by atomic mass is 10.0. The summed E-state index contributed by atoms with van der Waals surface area (Å²) in [5, 5.41) is 1.12. The SMILES string of the molecule is c1cnc(-c2cc3sc(N4CCC(N5CCCCC5)CC4)nc3cn2)nc1. The number of likely N-dealkylation sites (tertiary alicyclic amines) is 1. The first kappa shape index (κ1) is 17.0. The van der Waals surface area contributed by atoms with Crippen molar-refractivity contribution < 1.29 is 0 Å². The Morgan fingerprint density at radius 1 is 0.926 bits per heavy atom. The van der Waals surface area contributed by atoms with Gasteiger partial charge in [0.05, 0.1) is 10.9 Å². The molecule has 27 heavy (non-hydrogen) atoms. The van der Waals surface area contributed by atoms with E-state index in [0.29, 0.717) is 5.82 Å². The maximum atomic E-state index is 4.84. The third-order valence-corrected chi connectivity index (χ3v) is 6.78. The molecule has 3 aromatic heterocycles. The van der Waals surface area contributed by atoms with Gasteiger partial charge in [-0.15, -0.1) is 0 Å². The Labute approximate surface area is 163 Å². The molecule has 2 saturated heterocycles.